The third kappa shape index (κ3) is 5.25. The molecule has 0 heterocycles. The quantitative estimate of drug-likeness (QED) is 0.877. The molecule has 0 aromatic heterocycles. The Bertz CT molecular complexity index is 565. The lowest BCUT2D eigenvalue weighted by Crippen LogP contribution is -2.38. The van der Waals surface area contributed by atoms with Gasteiger partial charge in [-0.3, -0.25) is 0 Å². The van der Waals surface area contributed by atoms with Crippen LogP contribution in [0, 0.1) is 5.41 Å². The van der Waals surface area contributed by atoms with Gasteiger partial charge in [0.05, 0.1) is 0 Å². The van der Waals surface area contributed by atoms with E-state index in [-0.39, 0.29) is 5.41 Å². The molecule has 2 N–H and O–H groups in total. The first-order chi connectivity index (χ1) is 9.16. The summed E-state index contributed by atoms with van der Waals surface area (Å²) in [6.07, 6.45) is 1.55. The molecule has 0 unspecified atom stereocenters. The van der Waals surface area contributed by atoms with Crippen molar-refractivity contribution in [2.45, 2.75) is 13.8 Å². The normalized spacial score (nSPS) is 13.3. The Hall–Kier alpha value is -0.880. The Morgan fingerprint density at radius 1 is 1.30 bits per heavy atom. The maximum atomic E-state index is 12.1. The highest BCUT2D eigenvalue weighted by Gasteiger charge is 2.23. The fourth-order valence-electron chi connectivity index (χ4n) is 1.60. The minimum absolute atomic E-state index is 0.254. The predicted octanol–water partition coefficient (Wildman–Crippen LogP) is 2.56. The van der Waals surface area contributed by atoms with Crippen LogP contribution in [0.4, 0.5) is 0 Å². The van der Waals surface area contributed by atoms with Gasteiger partial charge in [-0.25, -0.2) is 12.7 Å². The van der Waals surface area contributed by atoms with Gasteiger partial charge < -0.3 is 5.73 Å². The van der Waals surface area contributed by atoms with Crippen molar-refractivity contribution in [3.63, 3.8) is 0 Å². The summed E-state index contributed by atoms with van der Waals surface area (Å²) in [5.41, 5.74) is 6.15. The van der Waals surface area contributed by atoms with E-state index < -0.39 is 10.0 Å². The van der Waals surface area contributed by atoms with Gasteiger partial charge in [0.15, 0.2) is 0 Å². The van der Waals surface area contributed by atoms with Gasteiger partial charge in [-0.05, 0) is 35.7 Å². The monoisotopic (exact) mass is 316 g/mol. The summed E-state index contributed by atoms with van der Waals surface area (Å²) in [5.74, 6) is 0. The summed E-state index contributed by atoms with van der Waals surface area (Å²) in [6, 6.07) is 6.96. The number of benzene rings is 1. The van der Waals surface area contributed by atoms with Crippen molar-refractivity contribution in [2.24, 2.45) is 11.1 Å². The third-order valence-corrected chi connectivity index (χ3v) is 4.67. The molecule has 0 atom stereocenters. The minimum atomic E-state index is -3.45. The molecule has 0 aliphatic rings. The maximum absolute atomic E-state index is 12.1. The fourth-order valence-corrected chi connectivity index (χ4v) is 2.79. The van der Waals surface area contributed by atoms with E-state index in [1.807, 2.05) is 13.8 Å². The van der Waals surface area contributed by atoms with Crippen LogP contribution in [-0.2, 0) is 10.0 Å². The molecule has 0 fully saturated rings. The Kier molecular flexibility index (Phi) is 5.77. The molecular weight excluding hydrogens is 296 g/mol. The molecule has 1 aromatic rings. The van der Waals surface area contributed by atoms with Gasteiger partial charge in [-0.2, -0.15) is 0 Å². The van der Waals surface area contributed by atoms with E-state index in [4.69, 9.17) is 17.3 Å². The smallest absolute Gasteiger partial charge is 0.235 e. The van der Waals surface area contributed by atoms with Crippen LogP contribution < -0.4 is 5.73 Å². The van der Waals surface area contributed by atoms with Crippen molar-refractivity contribution in [3.05, 3.63) is 40.3 Å². The van der Waals surface area contributed by atoms with Crippen LogP contribution >= 0.6 is 11.6 Å². The van der Waals surface area contributed by atoms with Crippen molar-refractivity contribution in [1.29, 1.82) is 0 Å². The van der Waals surface area contributed by atoms with Gasteiger partial charge in [0, 0.05) is 24.0 Å². The van der Waals surface area contributed by atoms with Gasteiger partial charge in [-0.1, -0.05) is 37.6 Å². The molecule has 0 aliphatic heterocycles. The molecule has 1 aromatic carbocycles. The Morgan fingerprint density at radius 3 is 2.35 bits per heavy atom. The van der Waals surface area contributed by atoms with Gasteiger partial charge in [0.2, 0.25) is 10.0 Å². The van der Waals surface area contributed by atoms with E-state index in [1.165, 1.54) is 9.71 Å². The zero-order valence-corrected chi connectivity index (χ0v) is 13.6. The Balaban J connectivity index is 2.81. The zero-order chi connectivity index (χ0) is 15.4. The molecule has 0 radical (unpaired) electrons. The molecule has 6 heteroatoms. The first-order valence-corrected chi connectivity index (χ1v) is 8.14. The molecule has 0 saturated heterocycles. The fraction of sp³-hybridized carbons (Fsp3) is 0.429. The molecule has 0 bridgehead atoms. The molecule has 1 rings (SSSR count). The first-order valence-electron chi connectivity index (χ1n) is 6.26. The number of hydrogen-bond acceptors (Lipinski definition) is 3. The number of hydrogen-bond donors (Lipinski definition) is 1. The van der Waals surface area contributed by atoms with Gasteiger partial charge in [0.25, 0.3) is 0 Å². The maximum Gasteiger partial charge on any atom is 0.235 e. The average Bonchev–Trinajstić information content (AvgIpc) is 2.37. The van der Waals surface area contributed by atoms with E-state index in [1.54, 1.807) is 37.4 Å². The number of rotatable bonds is 6. The molecule has 0 saturated carbocycles. The molecule has 4 nitrogen and oxygen atoms in total. The van der Waals surface area contributed by atoms with Gasteiger partial charge >= 0.3 is 0 Å². The Labute approximate surface area is 126 Å². The van der Waals surface area contributed by atoms with Crippen LogP contribution in [0.1, 0.15) is 19.4 Å². The lowest BCUT2D eigenvalue weighted by molar-refractivity contribution is 0.294. The molecule has 20 heavy (non-hydrogen) atoms. The van der Waals surface area contributed by atoms with Crippen LogP contribution in [0.5, 0.6) is 0 Å². The summed E-state index contributed by atoms with van der Waals surface area (Å²) >= 11 is 5.78. The SMILES string of the molecule is CN(CC(C)(C)CN)S(=O)(=O)C=Cc1ccc(Cl)cc1. The van der Waals surface area contributed by atoms with Crippen LogP contribution in [-0.4, -0.2) is 32.9 Å². The van der Waals surface area contributed by atoms with E-state index in [2.05, 4.69) is 0 Å². The predicted molar refractivity (Wildman–Crippen MR) is 84.9 cm³/mol. The van der Waals surface area contributed by atoms with Crippen LogP contribution in [0.15, 0.2) is 29.7 Å². The molecule has 0 amide bonds. The number of sulfonamides is 1. The lowest BCUT2D eigenvalue weighted by Gasteiger charge is -2.27. The molecule has 0 aliphatic carbocycles. The van der Waals surface area contributed by atoms with E-state index in [0.29, 0.717) is 18.1 Å². The zero-order valence-electron chi connectivity index (χ0n) is 12.0. The van der Waals surface area contributed by atoms with E-state index in [0.717, 1.165) is 5.56 Å². The van der Waals surface area contributed by atoms with Gasteiger partial charge in [0.1, 0.15) is 0 Å². The van der Waals surface area contributed by atoms with Crippen LogP contribution in [0.25, 0.3) is 6.08 Å². The molecule has 0 spiro atoms. The highest BCUT2D eigenvalue weighted by atomic mass is 35.5. The standard InChI is InChI=1S/C14H21ClN2O2S/c1-14(2,10-16)11-17(3)20(18,19)9-8-12-4-6-13(15)7-5-12/h4-9H,10-11,16H2,1-3H3. The van der Waals surface area contributed by atoms with Crippen molar-refractivity contribution >= 4 is 27.7 Å². The summed E-state index contributed by atoms with van der Waals surface area (Å²) in [4.78, 5) is 0. The molecular formula is C14H21ClN2O2S. The van der Waals surface area contributed by atoms with E-state index >= 15 is 0 Å². The first kappa shape index (κ1) is 17.2. The van der Waals surface area contributed by atoms with Crippen molar-refractivity contribution < 1.29 is 8.42 Å². The van der Waals surface area contributed by atoms with Crippen LogP contribution in [0.2, 0.25) is 5.02 Å². The third-order valence-electron chi connectivity index (χ3n) is 2.94. The van der Waals surface area contributed by atoms with Crippen LogP contribution in [0.3, 0.4) is 0 Å². The number of nitrogens with zero attached hydrogens (tertiary/aromatic N) is 1. The Morgan fingerprint density at radius 2 is 1.85 bits per heavy atom. The van der Waals surface area contributed by atoms with Crippen molar-refractivity contribution in [2.75, 3.05) is 20.1 Å². The number of nitrogens with two attached hydrogens (primary N) is 1. The summed E-state index contributed by atoms with van der Waals surface area (Å²) in [5, 5.41) is 1.81. The highest BCUT2D eigenvalue weighted by molar-refractivity contribution is 7.92. The van der Waals surface area contributed by atoms with E-state index in [9.17, 15) is 8.42 Å². The van der Waals surface area contributed by atoms with Crippen molar-refractivity contribution in [1.82, 2.24) is 4.31 Å². The summed E-state index contributed by atoms with van der Waals surface area (Å²) < 4.78 is 25.6. The van der Waals surface area contributed by atoms with Gasteiger partial charge in [-0.15, -0.1) is 0 Å². The second kappa shape index (κ2) is 6.72. The molecule has 112 valence electrons. The topological polar surface area (TPSA) is 63.4 Å². The second-order valence-electron chi connectivity index (χ2n) is 5.52. The minimum Gasteiger partial charge on any atom is -0.330 e. The largest absolute Gasteiger partial charge is 0.330 e. The average molecular weight is 317 g/mol. The highest BCUT2D eigenvalue weighted by Crippen LogP contribution is 2.17. The summed E-state index contributed by atoms with van der Waals surface area (Å²) in [6.45, 7) is 4.66. The number of halogens is 1. The summed E-state index contributed by atoms with van der Waals surface area (Å²) in [7, 11) is -1.89. The lowest BCUT2D eigenvalue weighted by atomic mass is 9.94. The second-order valence-corrected chi connectivity index (χ2v) is 7.89. The van der Waals surface area contributed by atoms with Crippen molar-refractivity contribution in [3.8, 4) is 0 Å².